The molecule has 26 heavy (non-hydrogen) atoms. The van der Waals surface area contributed by atoms with Crippen LogP contribution in [0.25, 0.3) is 0 Å². The van der Waals surface area contributed by atoms with Crippen LogP contribution in [0.1, 0.15) is 23.1 Å². The molecule has 136 valence electrons. The first-order chi connectivity index (χ1) is 12.5. The topological polar surface area (TPSA) is 62.3 Å². The largest absolute Gasteiger partial charge is 0.345 e. The van der Waals surface area contributed by atoms with Crippen molar-refractivity contribution in [1.82, 2.24) is 9.88 Å². The number of nitrogens with zero attached hydrogens (tertiary/aromatic N) is 2. The molecule has 2 unspecified atom stereocenters. The van der Waals surface area contributed by atoms with Crippen molar-refractivity contribution < 1.29 is 9.59 Å². The van der Waals surface area contributed by atoms with Gasteiger partial charge in [-0.15, -0.1) is 0 Å². The van der Waals surface area contributed by atoms with Crippen LogP contribution in [0.15, 0.2) is 42.7 Å². The molecule has 1 fully saturated rings. The summed E-state index contributed by atoms with van der Waals surface area (Å²) >= 11 is 0. The van der Waals surface area contributed by atoms with Crippen molar-refractivity contribution in [3.8, 4) is 0 Å². The van der Waals surface area contributed by atoms with Crippen LogP contribution in [0, 0.1) is 25.7 Å². The Bertz CT molecular complexity index is 804. The Labute approximate surface area is 154 Å². The van der Waals surface area contributed by atoms with Crippen molar-refractivity contribution in [2.45, 2.75) is 26.7 Å². The first-order valence-corrected chi connectivity index (χ1v) is 8.97. The minimum Gasteiger partial charge on any atom is -0.345 e. The van der Waals surface area contributed by atoms with Crippen LogP contribution >= 0.6 is 0 Å². The highest BCUT2D eigenvalue weighted by Crippen LogP contribution is 2.40. The maximum atomic E-state index is 12.5. The summed E-state index contributed by atoms with van der Waals surface area (Å²) in [6, 6.07) is 9.84. The molecule has 1 aromatic carbocycles. The van der Waals surface area contributed by atoms with Crippen molar-refractivity contribution in [3.63, 3.8) is 0 Å². The summed E-state index contributed by atoms with van der Waals surface area (Å²) in [5, 5.41) is 2.96. The highest BCUT2D eigenvalue weighted by atomic mass is 16.2. The quantitative estimate of drug-likeness (QED) is 0.870. The highest BCUT2D eigenvalue weighted by molar-refractivity contribution is 5.99. The van der Waals surface area contributed by atoms with Gasteiger partial charge in [-0.05, 0) is 56.0 Å². The van der Waals surface area contributed by atoms with Crippen molar-refractivity contribution in [1.29, 1.82) is 0 Å². The monoisotopic (exact) mass is 351 g/mol. The fourth-order valence-corrected chi connectivity index (χ4v) is 3.18. The lowest BCUT2D eigenvalue weighted by Crippen LogP contribution is -2.31. The predicted octanol–water partition coefficient (Wildman–Crippen LogP) is 2.97. The molecular formula is C21H25N3O2. The number of hydrogen-bond donors (Lipinski definition) is 1. The van der Waals surface area contributed by atoms with Crippen LogP contribution in [-0.2, 0) is 16.0 Å². The number of carbonyl (C=O) groups is 2. The van der Waals surface area contributed by atoms with Gasteiger partial charge in [0.1, 0.15) is 0 Å². The first-order valence-electron chi connectivity index (χ1n) is 8.97. The fraction of sp³-hybridized carbons (Fsp3) is 0.381. The Morgan fingerprint density at radius 3 is 2.58 bits per heavy atom. The molecule has 0 bridgehead atoms. The summed E-state index contributed by atoms with van der Waals surface area (Å²) in [4.78, 5) is 30.7. The van der Waals surface area contributed by atoms with Crippen LogP contribution in [0.2, 0.25) is 0 Å². The lowest BCUT2D eigenvalue weighted by atomic mass is 10.1. The van der Waals surface area contributed by atoms with Crippen LogP contribution in [0.5, 0.6) is 0 Å². The van der Waals surface area contributed by atoms with E-state index in [1.54, 1.807) is 24.3 Å². The normalized spacial score (nSPS) is 18.3. The van der Waals surface area contributed by atoms with Gasteiger partial charge in [0, 0.05) is 31.7 Å². The van der Waals surface area contributed by atoms with E-state index in [4.69, 9.17) is 0 Å². The second-order valence-electron chi connectivity index (χ2n) is 7.12. The number of hydrogen-bond acceptors (Lipinski definition) is 3. The Hall–Kier alpha value is -2.69. The molecule has 0 saturated heterocycles. The molecule has 0 aliphatic heterocycles. The van der Waals surface area contributed by atoms with Gasteiger partial charge in [-0.2, -0.15) is 0 Å². The van der Waals surface area contributed by atoms with Gasteiger partial charge in [-0.25, -0.2) is 0 Å². The van der Waals surface area contributed by atoms with E-state index in [2.05, 4.69) is 10.3 Å². The molecule has 2 atom stereocenters. The number of aryl methyl sites for hydroxylation is 2. The molecule has 1 saturated carbocycles. The Balaban J connectivity index is 1.50. The van der Waals surface area contributed by atoms with Crippen LogP contribution in [-0.4, -0.2) is 35.3 Å². The molecular weight excluding hydrogens is 326 g/mol. The number of carbonyl (C=O) groups excluding carboxylic acids is 2. The number of rotatable bonds is 6. The van der Waals surface area contributed by atoms with E-state index in [1.807, 2.05) is 44.2 Å². The van der Waals surface area contributed by atoms with E-state index < -0.39 is 0 Å². The molecule has 2 aromatic rings. The van der Waals surface area contributed by atoms with Crippen LogP contribution in [0.4, 0.5) is 5.69 Å². The minimum absolute atomic E-state index is 0.0554. The Morgan fingerprint density at radius 1 is 1.15 bits per heavy atom. The van der Waals surface area contributed by atoms with Crippen molar-refractivity contribution in [2.75, 3.05) is 18.9 Å². The molecule has 5 heteroatoms. The third kappa shape index (κ3) is 4.28. The summed E-state index contributed by atoms with van der Waals surface area (Å²) in [7, 11) is 1.81. The van der Waals surface area contributed by atoms with Gasteiger partial charge in [-0.1, -0.05) is 17.7 Å². The van der Waals surface area contributed by atoms with Gasteiger partial charge in [0.05, 0.1) is 11.8 Å². The van der Waals surface area contributed by atoms with Gasteiger partial charge >= 0.3 is 0 Å². The molecule has 5 nitrogen and oxygen atoms in total. The molecule has 0 radical (unpaired) electrons. The number of likely N-dealkylation sites (N-methyl/N-ethyl adjacent to an activating group) is 1. The summed E-state index contributed by atoms with van der Waals surface area (Å²) in [5.41, 5.74) is 4.18. The third-order valence-corrected chi connectivity index (χ3v) is 4.95. The second-order valence-corrected chi connectivity index (χ2v) is 7.12. The zero-order valence-corrected chi connectivity index (χ0v) is 15.5. The number of aromatic nitrogens is 1. The molecule has 2 amide bonds. The highest BCUT2D eigenvalue weighted by Gasteiger charge is 2.49. The average molecular weight is 351 g/mol. The lowest BCUT2D eigenvalue weighted by Gasteiger charge is -2.17. The van der Waals surface area contributed by atoms with Gasteiger partial charge in [0.15, 0.2) is 0 Å². The second kappa shape index (κ2) is 7.68. The number of anilines is 1. The van der Waals surface area contributed by atoms with Crippen LogP contribution < -0.4 is 5.32 Å². The number of nitrogens with one attached hydrogen (secondary N) is 1. The van der Waals surface area contributed by atoms with E-state index in [0.717, 1.165) is 28.8 Å². The Morgan fingerprint density at radius 2 is 1.88 bits per heavy atom. The number of pyridine rings is 1. The number of amides is 2. The SMILES string of the molecule is Cc1ccc(NC(=O)C2CC2C(=O)N(C)CCc2ccncc2)c(C)c1. The molecule has 0 spiro atoms. The molecule has 1 aromatic heterocycles. The zero-order chi connectivity index (χ0) is 18.7. The molecule has 1 heterocycles. The summed E-state index contributed by atoms with van der Waals surface area (Å²) in [6.07, 6.45) is 4.93. The zero-order valence-electron chi connectivity index (χ0n) is 15.5. The van der Waals surface area contributed by atoms with E-state index in [9.17, 15) is 9.59 Å². The standard InChI is InChI=1S/C21H25N3O2/c1-14-4-5-19(15(2)12-14)23-20(25)17-13-18(17)21(26)24(3)11-8-16-6-9-22-10-7-16/h4-7,9-10,12,17-18H,8,11,13H2,1-3H3,(H,23,25). The molecule has 3 rings (SSSR count). The molecule has 1 aliphatic carbocycles. The number of benzene rings is 1. The maximum Gasteiger partial charge on any atom is 0.228 e. The van der Waals surface area contributed by atoms with Gasteiger partial charge < -0.3 is 10.2 Å². The van der Waals surface area contributed by atoms with E-state index in [-0.39, 0.29) is 23.7 Å². The summed E-state index contributed by atoms with van der Waals surface area (Å²) in [5.74, 6) is -0.410. The molecule has 1 aliphatic rings. The average Bonchev–Trinajstić information content (AvgIpc) is 3.43. The first kappa shape index (κ1) is 18.1. The van der Waals surface area contributed by atoms with Gasteiger partial charge in [0.25, 0.3) is 0 Å². The third-order valence-electron chi connectivity index (χ3n) is 4.95. The maximum absolute atomic E-state index is 12.5. The minimum atomic E-state index is -0.216. The van der Waals surface area contributed by atoms with E-state index >= 15 is 0 Å². The Kier molecular flexibility index (Phi) is 5.35. The van der Waals surface area contributed by atoms with Crippen LogP contribution in [0.3, 0.4) is 0 Å². The van der Waals surface area contributed by atoms with E-state index in [0.29, 0.717) is 13.0 Å². The lowest BCUT2D eigenvalue weighted by molar-refractivity contribution is -0.132. The molecule has 1 N–H and O–H groups in total. The van der Waals surface area contributed by atoms with E-state index in [1.165, 1.54) is 0 Å². The summed E-state index contributed by atoms with van der Waals surface area (Å²) in [6.45, 7) is 4.64. The van der Waals surface area contributed by atoms with Gasteiger partial charge in [0.2, 0.25) is 11.8 Å². The fourth-order valence-electron chi connectivity index (χ4n) is 3.18. The smallest absolute Gasteiger partial charge is 0.228 e. The summed E-state index contributed by atoms with van der Waals surface area (Å²) < 4.78 is 0. The predicted molar refractivity (Wildman–Crippen MR) is 102 cm³/mol. The van der Waals surface area contributed by atoms with Crippen molar-refractivity contribution in [2.24, 2.45) is 11.8 Å². The van der Waals surface area contributed by atoms with Gasteiger partial charge in [-0.3, -0.25) is 14.6 Å². The van der Waals surface area contributed by atoms with Crippen molar-refractivity contribution in [3.05, 3.63) is 59.4 Å². The van der Waals surface area contributed by atoms with Crippen molar-refractivity contribution >= 4 is 17.5 Å².